The Kier molecular flexibility index (Phi) is 6.32. The van der Waals surface area contributed by atoms with Crippen LogP contribution in [0.25, 0.3) is 0 Å². The van der Waals surface area contributed by atoms with Gasteiger partial charge in [-0.2, -0.15) is 0 Å². The Morgan fingerprint density at radius 1 is 0.933 bits per heavy atom. The second-order valence-corrected chi connectivity index (χ2v) is 8.62. The molecule has 4 rings (SSSR count). The van der Waals surface area contributed by atoms with Crippen LogP contribution in [0.2, 0.25) is 0 Å². The number of nitrogens with zero attached hydrogens (tertiary/aromatic N) is 1. The standard InChI is InChI=1S/C28H31NO/c1-21-19-27(25(18-17-22(2)30)24-13-7-4-8-14-24)26-15-9-10-16-28(26)29(21)20-23-11-5-3-6-12-23/h3-16,21,25,27H,17-20H2,1-2H3. The Hall–Kier alpha value is -2.87. The Labute approximate surface area is 180 Å². The van der Waals surface area contributed by atoms with E-state index >= 15 is 0 Å². The summed E-state index contributed by atoms with van der Waals surface area (Å²) in [4.78, 5) is 14.4. The van der Waals surface area contributed by atoms with Crippen molar-refractivity contribution in [2.75, 3.05) is 4.90 Å². The normalized spacial score (nSPS) is 19.2. The lowest BCUT2D eigenvalue weighted by atomic mass is 9.73. The van der Waals surface area contributed by atoms with Crippen LogP contribution in [0, 0.1) is 0 Å². The predicted molar refractivity (Wildman–Crippen MR) is 125 cm³/mol. The molecule has 3 aromatic rings. The smallest absolute Gasteiger partial charge is 0.129 e. The summed E-state index contributed by atoms with van der Waals surface area (Å²) < 4.78 is 0. The number of rotatable bonds is 7. The molecule has 154 valence electrons. The van der Waals surface area contributed by atoms with Crippen LogP contribution in [0.3, 0.4) is 0 Å². The Morgan fingerprint density at radius 3 is 2.27 bits per heavy atom. The fraction of sp³-hybridized carbons (Fsp3) is 0.321. The molecule has 1 heterocycles. The fourth-order valence-corrected chi connectivity index (χ4v) is 4.98. The SMILES string of the molecule is CC(=O)CCC(c1ccccc1)C1CC(C)N(Cc2ccccc2)c2ccccc21. The van der Waals surface area contributed by atoms with E-state index in [0.717, 1.165) is 19.4 Å². The first kappa shape index (κ1) is 20.4. The van der Waals surface area contributed by atoms with Crippen LogP contribution in [0.1, 0.15) is 61.6 Å². The minimum absolute atomic E-state index is 0.277. The van der Waals surface area contributed by atoms with Crippen LogP contribution >= 0.6 is 0 Å². The first-order chi connectivity index (χ1) is 14.6. The fourth-order valence-electron chi connectivity index (χ4n) is 4.98. The van der Waals surface area contributed by atoms with Gasteiger partial charge in [-0.1, -0.05) is 78.9 Å². The molecule has 0 radical (unpaired) electrons. The summed E-state index contributed by atoms with van der Waals surface area (Å²) >= 11 is 0. The van der Waals surface area contributed by atoms with E-state index in [-0.39, 0.29) is 5.78 Å². The molecule has 0 amide bonds. The van der Waals surface area contributed by atoms with Gasteiger partial charge in [0, 0.05) is 24.7 Å². The van der Waals surface area contributed by atoms with Crippen LogP contribution in [-0.4, -0.2) is 11.8 Å². The second kappa shape index (κ2) is 9.30. The van der Waals surface area contributed by atoms with Crippen molar-refractivity contribution in [3.8, 4) is 0 Å². The van der Waals surface area contributed by atoms with Crippen molar-refractivity contribution in [1.29, 1.82) is 0 Å². The third-order valence-corrected chi connectivity index (χ3v) is 6.49. The zero-order chi connectivity index (χ0) is 20.9. The molecule has 3 aromatic carbocycles. The predicted octanol–water partition coefficient (Wildman–Crippen LogP) is 6.72. The number of carbonyl (C=O) groups excluding carboxylic acids is 1. The molecule has 0 fully saturated rings. The van der Waals surface area contributed by atoms with E-state index in [0.29, 0.717) is 24.3 Å². The molecule has 0 spiro atoms. The summed E-state index contributed by atoms with van der Waals surface area (Å²) in [6.07, 6.45) is 2.64. The number of para-hydroxylation sites is 1. The number of anilines is 1. The highest BCUT2D eigenvalue weighted by molar-refractivity contribution is 5.75. The van der Waals surface area contributed by atoms with E-state index < -0.39 is 0 Å². The van der Waals surface area contributed by atoms with E-state index in [1.807, 2.05) is 0 Å². The molecule has 3 atom stereocenters. The molecule has 2 nitrogen and oxygen atoms in total. The molecule has 0 aliphatic carbocycles. The highest BCUT2D eigenvalue weighted by Gasteiger charge is 2.35. The third kappa shape index (κ3) is 4.48. The van der Waals surface area contributed by atoms with E-state index in [1.54, 1.807) is 6.92 Å². The van der Waals surface area contributed by atoms with E-state index in [1.165, 1.54) is 22.4 Å². The van der Waals surface area contributed by atoms with Gasteiger partial charge in [0.1, 0.15) is 5.78 Å². The molecule has 3 unspecified atom stereocenters. The zero-order valence-electron chi connectivity index (χ0n) is 18.0. The zero-order valence-corrected chi connectivity index (χ0v) is 18.0. The second-order valence-electron chi connectivity index (χ2n) is 8.62. The van der Waals surface area contributed by atoms with Gasteiger partial charge in [-0.15, -0.1) is 0 Å². The monoisotopic (exact) mass is 397 g/mol. The van der Waals surface area contributed by atoms with Crippen molar-refractivity contribution in [3.63, 3.8) is 0 Å². The highest BCUT2D eigenvalue weighted by Crippen LogP contribution is 2.47. The first-order valence-corrected chi connectivity index (χ1v) is 11.1. The van der Waals surface area contributed by atoms with Gasteiger partial charge in [0.15, 0.2) is 0 Å². The average Bonchev–Trinajstić information content (AvgIpc) is 2.77. The number of hydrogen-bond donors (Lipinski definition) is 0. The Morgan fingerprint density at radius 2 is 1.57 bits per heavy atom. The van der Waals surface area contributed by atoms with Crippen LogP contribution in [-0.2, 0) is 11.3 Å². The minimum atomic E-state index is 0.277. The number of benzene rings is 3. The summed E-state index contributed by atoms with van der Waals surface area (Å²) in [5, 5.41) is 0. The average molecular weight is 398 g/mol. The van der Waals surface area contributed by atoms with Gasteiger partial charge in [-0.3, -0.25) is 0 Å². The van der Waals surface area contributed by atoms with E-state index in [4.69, 9.17) is 0 Å². The number of ketones is 1. The van der Waals surface area contributed by atoms with Gasteiger partial charge in [-0.05, 0) is 61.3 Å². The maximum absolute atomic E-state index is 11.8. The summed E-state index contributed by atoms with van der Waals surface area (Å²) in [6, 6.07) is 30.8. The molecule has 2 heteroatoms. The molecule has 1 aliphatic rings. The maximum Gasteiger partial charge on any atom is 0.129 e. The van der Waals surface area contributed by atoms with E-state index in [9.17, 15) is 4.79 Å². The van der Waals surface area contributed by atoms with Crippen molar-refractivity contribution < 1.29 is 4.79 Å². The largest absolute Gasteiger partial charge is 0.364 e. The van der Waals surface area contributed by atoms with Crippen molar-refractivity contribution in [2.45, 2.75) is 57.5 Å². The quantitative estimate of drug-likeness (QED) is 0.441. The number of Topliss-reactive ketones (excluding diaryl/α,β-unsaturated/α-hetero) is 1. The summed E-state index contributed by atoms with van der Waals surface area (Å²) in [6.45, 7) is 4.98. The van der Waals surface area contributed by atoms with Gasteiger partial charge in [-0.25, -0.2) is 0 Å². The number of hydrogen-bond acceptors (Lipinski definition) is 2. The molecule has 0 bridgehead atoms. The molecule has 0 N–H and O–H groups in total. The van der Waals surface area contributed by atoms with Crippen LogP contribution in [0.4, 0.5) is 5.69 Å². The summed E-state index contributed by atoms with van der Waals surface area (Å²) in [5.74, 6) is 1.06. The van der Waals surface area contributed by atoms with Gasteiger partial charge in [0.25, 0.3) is 0 Å². The van der Waals surface area contributed by atoms with Crippen molar-refractivity contribution in [1.82, 2.24) is 0 Å². The lowest BCUT2D eigenvalue weighted by molar-refractivity contribution is -0.117. The van der Waals surface area contributed by atoms with Gasteiger partial charge in [0.05, 0.1) is 0 Å². The Bertz CT molecular complexity index is 966. The Balaban J connectivity index is 1.70. The molecular weight excluding hydrogens is 366 g/mol. The van der Waals surface area contributed by atoms with Crippen LogP contribution in [0.5, 0.6) is 0 Å². The van der Waals surface area contributed by atoms with Crippen molar-refractivity contribution >= 4 is 11.5 Å². The molecule has 30 heavy (non-hydrogen) atoms. The lowest BCUT2D eigenvalue weighted by Gasteiger charge is -2.43. The molecule has 0 saturated heterocycles. The van der Waals surface area contributed by atoms with E-state index in [2.05, 4.69) is 96.8 Å². The lowest BCUT2D eigenvalue weighted by Crippen LogP contribution is -2.39. The van der Waals surface area contributed by atoms with Gasteiger partial charge < -0.3 is 9.69 Å². The first-order valence-electron chi connectivity index (χ1n) is 11.1. The third-order valence-electron chi connectivity index (χ3n) is 6.49. The van der Waals surface area contributed by atoms with Gasteiger partial charge in [0.2, 0.25) is 0 Å². The van der Waals surface area contributed by atoms with Crippen LogP contribution in [0.15, 0.2) is 84.9 Å². The van der Waals surface area contributed by atoms with Crippen molar-refractivity contribution in [2.24, 2.45) is 0 Å². The minimum Gasteiger partial charge on any atom is -0.364 e. The topological polar surface area (TPSA) is 20.3 Å². The molecule has 0 aromatic heterocycles. The molecule has 0 saturated carbocycles. The highest BCUT2D eigenvalue weighted by atomic mass is 16.1. The van der Waals surface area contributed by atoms with Crippen LogP contribution < -0.4 is 4.90 Å². The van der Waals surface area contributed by atoms with Gasteiger partial charge >= 0.3 is 0 Å². The van der Waals surface area contributed by atoms with Crippen molar-refractivity contribution in [3.05, 3.63) is 102 Å². The molecule has 1 aliphatic heterocycles. The number of carbonyl (C=O) groups is 1. The molecular formula is C28H31NO. The number of fused-ring (bicyclic) bond motifs is 1. The maximum atomic E-state index is 11.8. The summed E-state index contributed by atoms with van der Waals surface area (Å²) in [5.41, 5.74) is 5.45. The summed E-state index contributed by atoms with van der Waals surface area (Å²) in [7, 11) is 0.